The van der Waals surface area contributed by atoms with E-state index in [1.54, 1.807) is 18.0 Å². The number of nitrogens with zero attached hydrogens (tertiary/aromatic N) is 1. The molecule has 1 unspecified atom stereocenters. The van der Waals surface area contributed by atoms with Gasteiger partial charge in [-0.15, -0.1) is 0 Å². The Kier molecular flexibility index (Phi) is 5.36. The van der Waals surface area contributed by atoms with Gasteiger partial charge < -0.3 is 19.4 Å². The molecule has 0 bridgehead atoms. The number of H-pyrrole nitrogens is 1. The van der Waals surface area contributed by atoms with E-state index in [0.717, 1.165) is 51.2 Å². The lowest BCUT2D eigenvalue weighted by Crippen LogP contribution is -2.41. The van der Waals surface area contributed by atoms with Gasteiger partial charge in [-0.3, -0.25) is 9.59 Å². The molecule has 0 saturated carbocycles. The number of nitrogens with one attached hydrogen (secondary N) is 1. The van der Waals surface area contributed by atoms with Crippen LogP contribution in [0.2, 0.25) is 0 Å². The number of aromatic nitrogens is 1. The lowest BCUT2D eigenvalue weighted by molar-refractivity contribution is -0.140. The molecule has 2 aliphatic rings. The maximum Gasteiger partial charge on any atom is 0.248 e. The molecule has 0 aliphatic carbocycles. The van der Waals surface area contributed by atoms with Gasteiger partial charge in [0, 0.05) is 32.0 Å². The zero-order valence-electron chi connectivity index (χ0n) is 14.3. The molecule has 2 saturated heterocycles. The molecule has 1 atom stereocenters. The third-order valence-electron chi connectivity index (χ3n) is 5.24. The van der Waals surface area contributed by atoms with E-state index >= 15 is 0 Å². The fraction of sp³-hybridized carbons (Fsp3) is 0.667. The summed E-state index contributed by atoms with van der Waals surface area (Å²) >= 11 is 0. The van der Waals surface area contributed by atoms with Gasteiger partial charge in [-0.05, 0) is 37.2 Å². The number of carbonyl (C=O) groups is 1. The van der Waals surface area contributed by atoms with Crippen LogP contribution in [0.25, 0.3) is 0 Å². The number of pyridine rings is 1. The van der Waals surface area contributed by atoms with Crippen molar-refractivity contribution in [1.29, 1.82) is 0 Å². The van der Waals surface area contributed by atoms with Crippen molar-refractivity contribution in [2.24, 2.45) is 5.41 Å². The maximum absolute atomic E-state index is 12.4. The average molecular weight is 334 g/mol. The Morgan fingerprint density at radius 2 is 2.12 bits per heavy atom. The second kappa shape index (κ2) is 7.49. The average Bonchev–Trinajstić information content (AvgIpc) is 2.58. The highest BCUT2D eigenvalue weighted by Gasteiger charge is 2.38. The largest absolute Gasteiger partial charge is 0.381 e. The van der Waals surface area contributed by atoms with Crippen LogP contribution in [0.3, 0.4) is 0 Å². The van der Waals surface area contributed by atoms with Crippen molar-refractivity contribution < 1.29 is 14.3 Å². The molecule has 6 nitrogen and oxygen atoms in total. The van der Waals surface area contributed by atoms with E-state index in [2.05, 4.69) is 4.98 Å². The van der Waals surface area contributed by atoms with Crippen molar-refractivity contribution in [3.8, 4) is 0 Å². The summed E-state index contributed by atoms with van der Waals surface area (Å²) in [5.41, 5.74) is 0.863. The van der Waals surface area contributed by atoms with E-state index in [0.29, 0.717) is 13.0 Å². The SMILES string of the molecule is CN(Cc1cccc(=O)[nH]1)C(=O)CC1CCC2(CCOCC2)CO1. The first-order valence-corrected chi connectivity index (χ1v) is 8.68. The number of rotatable bonds is 4. The van der Waals surface area contributed by atoms with E-state index < -0.39 is 0 Å². The molecular formula is C18H26N2O4. The third-order valence-corrected chi connectivity index (χ3v) is 5.24. The Hall–Kier alpha value is -1.66. The molecular weight excluding hydrogens is 308 g/mol. The van der Waals surface area contributed by atoms with Crippen LogP contribution < -0.4 is 5.56 Å². The van der Waals surface area contributed by atoms with Crippen molar-refractivity contribution >= 4 is 5.91 Å². The van der Waals surface area contributed by atoms with Gasteiger partial charge in [0.05, 0.1) is 25.7 Å². The molecule has 0 radical (unpaired) electrons. The lowest BCUT2D eigenvalue weighted by atomic mass is 9.75. The first-order valence-electron chi connectivity index (χ1n) is 8.68. The van der Waals surface area contributed by atoms with Gasteiger partial charge in [-0.2, -0.15) is 0 Å². The molecule has 0 aromatic carbocycles. The highest BCUT2D eigenvalue weighted by Crippen LogP contribution is 2.40. The Bertz CT molecular complexity index is 611. The molecule has 3 heterocycles. The predicted octanol–water partition coefficient (Wildman–Crippen LogP) is 1.70. The standard InChI is InChI=1S/C18H26N2O4/c1-20(12-14-3-2-4-16(21)19-14)17(22)11-15-5-6-18(13-24-15)7-9-23-10-8-18/h2-4,15H,5-13H2,1H3,(H,19,21). The van der Waals surface area contributed by atoms with Gasteiger partial charge in [0.15, 0.2) is 0 Å². The van der Waals surface area contributed by atoms with Crippen LogP contribution in [-0.4, -0.2) is 48.8 Å². The van der Waals surface area contributed by atoms with Crippen molar-refractivity contribution in [2.75, 3.05) is 26.9 Å². The van der Waals surface area contributed by atoms with Crippen LogP contribution in [0.1, 0.15) is 37.8 Å². The molecule has 24 heavy (non-hydrogen) atoms. The van der Waals surface area contributed by atoms with Gasteiger partial charge in [0.25, 0.3) is 0 Å². The first-order chi connectivity index (χ1) is 11.6. The van der Waals surface area contributed by atoms with E-state index in [1.165, 1.54) is 6.07 Å². The summed E-state index contributed by atoms with van der Waals surface area (Å²) < 4.78 is 11.4. The molecule has 132 valence electrons. The van der Waals surface area contributed by atoms with E-state index in [4.69, 9.17) is 9.47 Å². The van der Waals surface area contributed by atoms with Gasteiger partial charge in [0.1, 0.15) is 0 Å². The van der Waals surface area contributed by atoms with E-state index in [9.17, 15) is 9.59 Å². The summed E-state index contributed by atoms with van der Waals surface area (Å²) in [5, 5.41) is 0. The summed E-state index contributed by atoms with van der Waals surface area (Å²) in [5.74, 6) is 0.0487. The Balaban J connectivity index is 1.47. The number of aromatic amines is 1. The van der Waals surface area contributed by atoms with Crippen LogP contribution in [0.5, 0.6) is 0 Å². The zero-order chi connectivity index (χ0) is 17.0. The normalized spacial score (nSPS) is 23.1. The van der Waals surface area contributed by atoms with E-state index in [-0.39, 0.29) is 23.0 Å². The zero-order valence-corrected chi connectivity index (χ0v) is 14.3. The molecule has 2 aliphatic heterocycles. The van der Waals surface area contributed by atoms with Crippen molar-refractivity contribution in [3.05, 3.63) is 34.2 Å². The summed E-state index contributed by atoms with van der Waals surface area (Å²) in [6.07, 6.45) is 4.58. The number of ether oxygens (including phenoxy) is 2. The first kappa shape index (κ1) is 17.2. The highest BCUT2D eigenvalue weighted by molar-refractivity contribution is 5.76. The minimum atomic E-state index is -0.147. The molecule has 3 rings (SSSR count). The fourth-order valence-corrected chi connectivity index (χ4v) is 3.56. The Morgan fingerprint density at radius 3 is 2.79 bits per heavy atom. The van der Waals surface area contributed by atoms with Crippen molar-refractivity contribution in [3.63, 3.8) is 0 Å². The number of hydrogen-bond donors (Lipinski definition) is 1. The minimum Gasteiger partial charge on any atom is -0.381 e. The second-order valence-corrected chi connectivity index (χ2v) is 7.08. The number of hydrogen-bond acceptors (Lipinski definition) is 4. The maximum atomic E-state index is 12.4. The summed E-state index contributed by atoms with van der Waals surface area (Å²) in [4.78, 5) is 28.1. The summed E-state index contributed by atoms with van der Waals surface area (Å²) in [7, 11) is 1.76. The number of amides is 1. The van der Waals surface area contributed by atoms with E-state index in [1.807, 2.05) is 6.07 Å². The molecule has 1 aromatic heterocycles. The Labute approximate surface area is 142 Å². The lowest BCUT2D eigenvalue weighted by Gasteiger charge is -2.42. The third kappa shape index (κ3) is 4.24. The van der Waals surface area contributed by atoms with Crippen LogP contribution in [0, 0.1) is 5.41 Å². The van der Waals surface area contributed by atoms with Crippen LogP contribution in [0.4, 0.5) is 0 Å². The van der Waals surface area contributed by atoms with Gasteiger partial charge in [0.2, 0.25) is 11.5 Å². The van der Waals surface area contributed by atoms with Crippen molar-refractivity contribution in [2.45, 2.75) is 44.8 Å². The van der Waals surface area contributed by atoms with Gasteiger partial charge in [-0.1, -0.05) is 6.07 Å². The highest BCUT2D eigenvalue weighted by atomic mass is 16.5. The molecule has 1 N–H and O–H groups in total. The van der Waals surface area contributed by atoms with Crippen molar-refractivity contribution in [1.82, 2.24) is 9.88 Å². The topological polar surface area (TPSA) is 71.6 Å². The second-order valence-electron chi connectivity index (χ2n) is 7.08. The minimum absolute atomic E-state index is 0.00300. The molecule has 1 amide bonds. The fourth-order valence-electron chi connectivity index (χ4n) is 3.56. The van der Waals surface area contributed by atoms with Gasteiger partial charge >= 0.3 is 0 Å². The molecule has 2 fully saturated rings. The monoisotopic (exact) mass is 334 g/mol. The molecule has 6 heteroatoms. The summed E-state index contributed by atoms with van der Waals surface area (Å²) in [6, 6.07) is 4.98. The smallest absolute Gasteiger partial charge is 0.248 e. The molecule has 1 aromatic rings. The quantitative estimate of drug-likeness (QED) is 0.910. The van der Waals surface area contributed by atoms with Crippen LogP contribution in [-0.2, 0) is 20.8 Å². The predicted molar refractivity (Wildman–Crippen MR) is 89.6 cm³/mol. The Morgan fingerprint density at radius 1 is 1.33 bits per heavy atom. The van der Waals surface area contributed by atoms with Crippen LogP contribution >= 0.6 is 0 Å². The number of carbonyl (C=O) groups excluding carboxylic acids is 1. The molecule has 1 spiro atoms. The van der Waals surface area contributed by atoms with Gasteiger partial charge in [-0.25, -0.2) is 0 Å². The van der Waals surface area contributed by atoms with Crippen LogP contribution in [0.15, 0.2) is 23.0 Å². The summed E-state index contributed by atoms with van der Waals surface area (Å²) in [6.45, 7) is 2.79.